The molecule has 8 heteroatoms. The Bertz CT molecular complexity index is 746. The number of hydrogen-bond acceptors (Lipinski definition) is 3. The Morgan fingerprint density at radius 1 is 1.00 bits per heavy atom. The molecule has 1 heterocycles. The normalized spacial score (nSPS) is 17.1. The number of alkyl halides is 3. The number of nitrogens with zero attached hydrogens (tertiary/aromatic N) is 1. The topological polar surface area (TPSA) is 24.5 Å². The fourth-order valence-electron chi connectivity index (χ4n) is 3.09. The van der Waals surface area contributed by atoms with E-state index in [9.17, 15) is 17.6 Å². The zero-order chi connectivity index (χ0) is 18.7. The highest BCUT2D eigenvalue weighted by Gasteiger charge is 2.31. The van der Waals surface area contributed by atoms with Gasteiger partial charge in [0.25, 0.3) is 0 Å². The number of ether oxygens (including phenoxy) is 1. The van der Waals surface area contributed by atoms with E-state index in [-0.39, 0.29) is 17.6 Å². The third kappa shape index (κ3) is 4.75. The lowest BCUT2D eigenvalue weighted by atomic mass is 9.96. The predicted molar refractivity (Wildman–Crippen MR) is 93.5 cm³/mol. The van der Waals surface area contributed by atoms with Crippen molar-refractivity contribution >= 4 is 15.9 Å². The molecule has 0 spiro atoms. The van der Waals surface area contributed by atoms with Crippen LogP contribution in [0.15, 0.2) is 46.9 Å². The summed E-state index contributed by atoms with van der Waals surface area (Å²) in [6, 6.07) is 10.4. The highest BCUT2D eigenvalue weighted by molar-refractivity contribution is 9.10. The van der Waals surface area contributed by atoms with Crippen LogP contribution in [0.1, 0.15) is 17.2 Å². The zero-order valence-electron chi connectivity index (χ0n) is 13.7. The van der Waals surface area contributed by atoms with Crippen LogP contribution in [0.2, 0.25) is 0 Å². The molecule has 0 bridgehead atoms. The van der Waals surface area contributed by atoms with Crippen molar-refractivity contribution in [2.45, 2.75) is 12.4 Å². The van der Waals surface area contributed by atoms with E-state index >= 15 is 0 Å². The number of halogens is 5. The number of piperazine rings is 1. The van der Waals surface area contributed by atoms with E-state index in [1.54, 1.807) is 18.2 Å². The van der Waals surface area contributed by atoms with Crippen molar-refractivity contribution in [3.8, 4) is 5.75 Å². The summed E-state index contributed by atoms with van der Waals surface area (Å²) >= 11 is 3.15. The third-order valence-electron chi connectivity index (χ3n) is 4.21. The molecule has 2 aromatic carbocycles. The number of hydrogen-bond donors (Lipinski definition) is 1. The van der Waals surface area contributed by atoms with Gasteiger partial charge in [-0.15, -0.1) is 13.2 Å². The number of rotatable bonds is 4. The van der Waals surface area contributed by atoms with Gasteiger partial charge in [-0.2, -0.15) is 0 Å². The van der Waals surface area contributed by atoms with Gasteiger partial charge in [-0.05, 0) is 51.3 Å². The van der Waals surface area contributed by atoms with Gasteiger partial charge in [-0.25, -0.2) is 4.39 Å². The molecular weight excluding hydrogens is 416 g/mol. The van der Waals surface area contributed by atoms with Crippen LogP contribution in [0.4, 0.5) is 17.6 Å². The SMILES string of the molecule is Fc1cc([C@H](c2ccc(OC(F)(F)F)cc2)N2CCNCC2)ccc1Br. The molecule has 0 unspecified atom stereocenters. The highest BCUT2D eigenvalue weighted by Crippen LogP contribution is 2.33. The molecule has 1 atom stereocenters. The number of nitrogens with one attached hydrogen (secondary N) is 1. The smallest absolute Gasteiger partial charge is 0.406 e. The fourth-order valence-corrected chi connectivity index (χ4v) is 3.34. The highest BCUT2D eigenvalue weighted by atomic mass is 79.9. The van der Waals surface area contributed by atoms with Gasteiger partial charge in [-0.1, -0.05) is 18.2 Å². The summed E-state index contributed by atoms with van der Waals surface area (Å²) in [7, 11) is 0. The molecule has 1 aliphatic heterocycles. The van der Waals surface area contributed by atoms with Crippen LogP contribution in [-0.2, 0) is 0 Å². The second-order valence-corrected chi connectivity index (χ2v) is 6.83. The van der Waals surface area contributed by atoms with Crippen LogP contribution in [0.3, 0.4) is 0 Å². The molecule has 3 rings (SSSR count). The summed E-state index contributed by atoms with van der Waals surface area (Å²) in [5.41, 5.74) is 1.53. The number of benzene rings is 2. The van der Waals surface area contributed by atoms with Crippen molar-refractivity contribution < 1.29 is 22.3 Å². The molecule has 0 aromatic heterocycles. The van der Waals surface area contributed by atoms with Gasteiger partial charge in [0.05, 0.1) is 10.5 Å². The van der Waals surface area contributed by atoms with Crippen molar-refractivity contribution in [1.82, 2.24) is 10.2 Å². The molecule has 0 amide bonds. The maximum absolute atomic E-state index is 14.0. The first-order valence-corrected chi connectivity index (χ1v) is 8.88. The van der Waals surface area contributed by atoms with Gasteiger partial charge in [0.15, 0.2) is 0 Å². The van der Waals surface area contributed by atoms with Crippen molar-refractivity contribution in [2.24, 2.45) is 0 Å². The summed E-state index contributed by atoms with van der Waals surface area (Å²) in [5, 5.41) is 3.26. The molecule has 1 saturated heterocycles. The molecule has 1 N–H and O–H groups in total. The van der Waals surface area contributed by atoms with Gasteiger partial charge >= 0.3 is 6.36 Å². The molecule has 26 heavy (non-hydrogen) atoms. The third-order valence-corrected chi connectivity index (χ3v) is 4.85. The Labute approximate surface area is 157 Å². The van der Waals surface area contributed by atoms with Crippen LogP contribution in [0, 0.1) is 5.82 Å². The van der Waals surface area contributed by atoms with E-state index in [0.29, 0.717) is 4.47 Å². The molecule has 3 nitrogen and oxygen atoms in total. The minimum absolute atomic E-state index is 0.250. The lowest BCUT2D eigenvalue weighted by Crippen LogP contribution is -2.45. The quantitative estimate of drug-likeness (QED) is 0.720. The Hall–Kier alpha value is -1.64. The van der Waals surface area contributed by atoms with Crippen molar-refractivity contribution in [3.63, 3.8) is 0 Å². The van der Waals surface area contributed by atoms with Crippen LogP contribution in [0.5, 0.6) is 5.75 Å². The van der Waals surface area contributed by atoms with Crippen LogP contribution < -0.4 is 10.1 Å². The van der Waals surface area contributed by atoms with Gasteiger partial charge in [0.2, 0.25) is 0 Å². The van der Waals surface area contributed by atoms with E-state index in [1.807, 2.05) is 6.07 Å². The van der Waals surface area contributed by atoms with Gasteiger partial charge < -0.3 is 10.1 Å². The molecule has 1 fully saturated rings. The zero-order valence-corrected chi connectivity index (χ0v) is 15.3. The van der Waals surface area contributed by atoms with E-state index in [1.165, 1.54) is 18.2 Å². The minimum atomic E-state index is -4.73. The molecule has 0 aliphatic carbocycles. The maximum atomic E-state index is 14.0. The largest absolute Gasteiger partial charge is 0.573 e. The summed E-state index contributed by atoms with van der Waals surface area (Å²) in [6.07, 6.45) is -4.73. The molecule has 140 valence electrons. The van der Waals surface area contributed by atoms with Crippen LogP contribution in [-0.4, -0.2) is 37.4 Å². The van der Waals surface area contributed by atoms with Gasteiger partial charge in [0, 0.05) is 26.2 Å². The summed E-state index contributed by atoms with van der Waals surface area (Å²) < 4.78 is 55.4. The van der Waals surface area contributed by atoms with Crippen LogP contribution in [0.25, 0.3) is 0 Å². The van der Waals surface area contributed by atoms with E-state index in [2.05, 4.69) is 30.9 Å². The predicted octanol–water partition coefficient (Wildman–Crippen LogP) is 4.48. The monoisotopic (exact) mass is 432 g/mol. The molecule has 1 aliphatic rings. The van der Waals surface area contributed by atoms with Crippen molar-refractivity contribution in [2.75, 3.05) is 26.2 Å². The fraction of sp³-hybridized carbons (Fsp3) is 0.333. The average molecular weight is 433 g/mol. The Morgan fingerprint density at radius 2 is 1.62 bits per heavy atom. The first-order valence-electron chi connectivity index (χ1n) is 8.09. The standard InChI is InChI=1S/C18H17BrF4N2O/c19-15-6-3-13(11-16(15)20)17(25-9-7-24-8-10-25)12-1-4-14(5-2-12)26-18(21,22)23/h1-6,11,17,24H,7-10H2/t17-/m0/s1. The van der Waals surface area contributed by atoms with Crippen molar-refractivity contribution in [3.05, 3.63) is 63.9 Å². The van der Waals surface area contributed by atoms with Gasteiger partial charge in [-0.3, -0.25) is 4.90 Å². The van der Waals surface area contributed by atoms with Gasteiger partial charge in [0.1, 0.15) is 11.6 Å². The van der Waals surface area contributed by atoms with Crippen molar-refractivity contribution in [1.29, 1.82) is 0 Å². The lowest BCUT2D eigenvalue weighted by molar-refractivity contribution is -0.274. The van der Waals surface area contributed by atoms with E-state index in [0.717, 1.165) is 37.3 Å². The molecule has 0 saturated carbocycles. The van der Waals surface area contributed by atoms with E-state index in [4.69, 9.17) is 0 Å². The average Bonchev–Trinajstić information content (AvgIpc) is 2.59. The summed E-state index contributed by atoms with van der Waals surface area (Å²) in [5.74, 6) is -0.651. The Morgan fingerprint density at radius 3 is 2.19 bits per heavy atom. The first kappa shape index (κ1) is 19.1. The summed E-state index contributed by atoms with van der Waals surface area (Å²) in [4.78, 5) is 2.18. The Kier molecular flexibility index (Phi) is 5.84. The van der Waals surface area contributed by atoms with Crippen LogP contribution >= 0.6 is 15.9 Å². The molecule has 0 radical (unpaired) electrons. The molecular formula is C18H17BrF4N2O. The Balaban J connectivity index is 1.93. The second-order valence-electron chi connectivity index (χ2n) is 5.98. The van der Waals surface area contributed by atoms with E-state index < -0.39 is 6.36 Å². The second kappa shape index (κ2) is 7.94. The maximum Gasteiger partial charge on any atom is 0.573 e. The first-order chi connectivity index (χ1) is 12.3. The summed E-state index contributed by atoms with van der Waals surface area (Å²) in [6.45, 7) is 3.10. The minimum Gasteiger partial charge on any atom is -0.406 e. The molecule has 2 aromatic rings. The lowest BCUT2D eigenvalue weighted by Gasteiger charge is -2.35.